The zero-order valence-corrected chi connectivity index (χ0v) is 12.3. The van der Waals surface area contributed by atoms with Crippen molar-refractivity contribution in [2.24, 2.45) is 5.41 Å². The van der Waals surface area contributed by atoms with Crippen molar-refractivity contribution in [3.8, 4) is 0 Å². The van der Waals surface area contributed by atoms with Crippen molar-refractivity contribution in [2.45, 2.75) is 45.4 Å². The lowest BCUT2D eigenvalue weighted by Gasteiger charge is -2.36. The Hall–Kier alpha value is -1.50. The van der Waals surface area contributed by atoms with Crippen LogP contribution in [0.1, 0.15) is 53.9 Å². The van der Waals surface area contributed by atoms with E-state index in [1.54, 1.807) is 6.92 Å². The van der Waals surface area contributed by atoms with Crippen LogP contribution in [0.4, 0.5) is 0 Å². The van der Waals surface area contributed by atoms with E-state index < -0.39 is 5.97 Å². The zero-order chi connectivity index (χ0) is 14.6. The van der Waals surface area contributed by atoms with Gasteiger partial charge in [0.05, 0.1) is 12.1 Å². The van der Waals surface area contributed by atoms with E-state index in [4.69, 9.17) is 5.11 Å². The molecular formula is C13H19N3O3S. The van der Waals surface area contributed by atoms with E-state index in [0.29, 0.717) is 17.1 Å². The van der Waals surface area contributed by atoms with Gasteiger partial charge in [0.25, 0.3) is 5.91 Å². The van der Waals surface area contributed by atoms with E-state index in [1.807, 2.05) is 0 Å². The van der Waals surface area contributed by atoms with Crippen LogP contribution in [0.15, 0.2) is 0 Å². The van der Waals surface area contributed by atoms with Crippen molar-refractivity contribution in [2.75, 3.05) is 6.54 Å². The number of nitrogens with one attached hydrogen (secondary N) is 1. The van der Waals surface area contributed by atoms with Crippen LogP contribution in [0.2, 0.25) is 0 Å². The molecule has 1 aromatic rings. The van der Waals surface area contributed by atoms with E-state index in [2.05, 4.69) is 14.9 Å². The average molecular weight is 297 g/mol. The van der Waals surface area contributed by atoms with Gasteiger partial charge in [0.15, 0.2) is 0 Å². The number of nitrogens with zero attached hydrogens (tertiary/aromatic N) is 2. The summed E-state index contributed by atoms with van der Waals surface area (Å²) in [4.78, 5) is 23.6. The smallest absolute Gasteiger partial charge is 0.303 e. The van der Waals surface area contributed by atoms with E-state index >= 15 is 0 Å². The Kier molecular flexibility index (Phi) is 4.69. The van der Waals surface area contributed by atoms with Crippen molar-refractivity contribution in [1.29, 1.82) is 0 Å². The summed E-state index contributed by atoms with van der Waals surface area (Å²) in [6.07, 6.45) is 5.05. The number of carboxylic acid groups (broad SMARTS) is 1. The van der Waals surface area contributed by atoms with Crippen LogP contribution < -0.4 is 5.32 Å². The number of carbonyl (C=O) groups is 2. The molecule has 1 heterocycles. The number of aryl methyl sites for hydroxylation is 1. The van der Waals surface area contributed by atoms with Gasteiger partial charge in [-0.05, 0) is 36.7 Å². The van der Waals surface area contributed by atoms with Gasteiger partial charge in [-0.15, -0.1) is 5.10 Å². The molecule has 6 nitrogen and oxygen atoms in total. The van der Waals surface area contributed by atoms with Crippen molar-refractivity contribution in [1.82, 2.24) is 14.9 Å². The second-order valence-corrected chi connectivity index (χ2v) is 6.26. The second kappa shape index (κ2) is 6.30. The Morgan fingerprint density at radius 1 is 1.35 bits per heavy atom. The van der Waals surface area contributed by atoms with E-state index in [-0.39, 0.29) is 17.7 Å². The summed E-state index contributed by atoms with van der Waals surface area (Å²) in [6.45, 7) is 2.15. The van der Waals surface area contributed by atoms with Gasteiger partial charge in [0, 0.05) is 6.54 Å². The maximum Gasteiger partial charge on any atom is 0.303 e. The minimum absolute atomic E-state index is 0.118. The van der Waals surface area contributed by atoms with E-state index in [1.165, 1.54) is 0 Å². The summed E-state index contributed by atoms with van der Waals surface area (Å²) in [5.41, 5.74) is 0.314. The molecular weight excluding hydrogens is 278 g/mol. The van der Waals surface area contributed by atoms with Gasteiger partial charge < -0.3 is 10.4 Å². The molecule has 2 rings (SSSR count). The molecule has 1 fully saturated rings. The summed E-state index contributed by atoms with van der Waals surface area (Å²) < 4.78 is 3.74. The summed E-state index contributed by atoms with van der Waals surface area (Å²) in [7, 11) is 0. The highest BCUT2D eigenvalue weighted by atomic mass is 32.1. The normalized spacial score (nSPS) is 17.6. The summed E-state index contributed by atoms with van der Waals surface area (Å²) in [5, 5.41) is 15.8. The summed E-state index contributed by atoms with van der Waals surface area (Å²) in [5.74, 6) is -0.996. The van der Waals surface area contributed by atoms with Gasteiger partial charge in [0.2, 0.25) is 0 Å². The Labute approximate surface area is 121 Å². The number of carbonyl (C=O) groups excluding carboxylic acids is 1. The molecule has 0 unspecified atom stereocenters. The van der Waals surface area contributed by atoms with Crippen LogP contribution in [-0.4, -0.2) is 33.1 Å². The van der Waals surface area contributed by atoms with Gasteiger partial charge in [-0.1, -0.05) is 23.8 Å². The lowest BCUT2D eigenvalue weighted by molar-refractivity contribution is -0.140. The Bertz CT molecular complexity index is 495. The predicted molar refractivity (Wildman–Crippen MR) is 74.8 cm³/mol. The molecule has 0 aromatic carbocycles. The van der Waals surface area contributed by atoms with Crippen LogP contribution in [0, 0.1) is 12.3 Å². The molecule has 1 aromatic heterocycles. The van der Waals surface area contributed by atoms with E-state index in [9.17, 15) is 9.59 Å². The Balaban J connectivity index is 2.00. The fourth-order valence-electron chi connectivity index (χ4n) is 2.83. The zero-order valence-electron chi connectivity index (χ0n) is 11.5. The first kappa shape index (κ1) is 14.9. The molecule has 1 saturated carbocycles. The molecule has 0 radical (unpaired) electrons. The van der Waals surface area contributed by atoms with Gasteiger partial charge in [-0.3, -0.25) is 9.59 Å². The quantitative estimate of drug-likeness (QED) is 0.867. The highest BCUT2D eigenvalue weighted by molar-refractivity contribution is 7.07. The lowest BCUT2D eigenvalue weighted by atomic mass is 9.71. The standard InChI is InChI=1S/C13H19N3O3S/c1-9-11(20-16-15-9)12(19)14-8-13(7-10(17)18)5-3-2-4-6-13/h2-8H2,1H3,(H,14,19)(H,17,18). The molecule has 1 aliphatic rings. The molecule has 1 aliphatic carbocycles. The number of aliphatic carboxylic acids is 1. The Morgan fingerprint density at radius 3 is 2.60 bits per heavy atom. The molecule has 0 bridgehead atoms. The monoisotopic (exact) mass is 297 g/mol. The molecule has 0 aliphatic heterocycles. The van der Waals surface area contributed by atoms with E-state index in [0.717, 1.165) is 43.6 Å². The fraction of sp³-hybridized carbons (Fsp3) is 0.692. The topological polar surface area (TPSA) is 92.2 Å². The molecule has 20 heavy (non-hydrogen) atoms. The van der Waals surface area contributed by atoms with Gasteiger partial charge in [-0.25, -0.2) is 0 Å². The third-order valence-electron chi connectivity index (χ3n) is 3.92. The molecule has 0 saturated heterocycles. The van der Waals surface area contributed by atoms with Gasteiger partial charge in [0.1, 0.15) is 4.88 Å². The maximum absolute atomic E-state index is 12.1. The second-order valence-electron chi connectivity index (χ2n) is 5.50. The van der Waals surface area contributed by atoms with Crippen LogP contribution >= 0.6 is 11.5 Å². The van der Waals surface area contributed by atoms with Crippen LogP contribution in [0.3, 0.4) is 0 Å². The molecule has 2 N–H and O–H groups in total. The van der Waals surface area contributed by atoms with Crippen LogP contribution in [0.25, 0.3) is 0 Å². The maximum atomic E-state index is 12.1. The van der Waals surface area contributed by atoms with Crippen molar-refractivity contribution in [3.05, 3.63) is 10.6 Å². The molecule has 0 spiro atoms. The van der Waals surface area contributed by atoms with Crippen molar-refractivity contribution < 1.29 is 14.7 Å². The van der Waals surface area contributed by atoms with Crippen molar-refractivity contribution >= 4 is 23.4 Å². The number of rotatable bonds is 5. The largest absolute Gasteiger partial charge is 0.481 e. The first-order chi connectivity index (χ1) is 9.52. The van der Waals surface area contributed by atoms with Crippen LogP contribution in [-0.2, 0) is 4.79 Å². The third-order valence-corrected chi connectivity index (χ3v) is 4.75. The summed E-state index contributed by atoms with van der Waals surface area (Å²) >= 11 is 1.07. The average Bonchev–Trinajstić information content (AvgIpc) is 2.83. The molecule has 7 heteroatoms. The highest BCUT2D eigenvalue weighted by Gasteiger charge is 2.35. The van der Waals surface area contributed by atoms with Crippen molar-refractivity contribution in [3.63, 3.8) is 0 Å². The third kappa shape index (κ3) is 3.53. The number of aromatic nitrogens is 2. The summed E-state index contributed by atoms with van der Waals surface area (Å²) in [6, 6.07) is 0. The lowest BCUT2D eigenvalue weighted by Crippen LogP contribution is -2.40. The van der Waals surface area contributed by atoms with Gasteiger partial charge in [-0.2, -0.15) is 0 Å². The Morgan fingerprint density at radius 2 is 2.05 bits per heavy atom. The molecule has 1 amide bonds. The minimum atomic E-state index is -0.795. The highest BCUT2D eigenvalue weighted by Crippen LogP contribution is 2.38. The number of amides is 1. The fourth-order valence-corrected chi connectivity index (χ4v) is 3.40. The number of hydrogen-bond acceptors (Lipinski definition) is 5. The molecule has 0 atom stereocenters. The predicted octanol–water partition coefficient (Wildman–Crippen LogP) is 2.00. The minimum Gasteiger partial charge on any atom is -0.481 e. The number of hydrogen-bond donors (Lipinski definition) is 2. The van der Waals surface area contributed by atoms with Crippen LogP contribution in [0.5, 0.6) is 0 Å². The van der Waals surface area contributed by atoms with Gasteiger partial charge >= 0.3 is 5.97 Å². The molecule has 110 valence electrons. The SMILES string of the molecule is Cc1nnsc1C(=O)NCC1(CC(=O)O)CCCCC1. The first-order valence-corrected chi connectivity index (χ1v) is 7.59. The number of carboxylic acids is 1. The first-order valence-electron chi connectivity index (χ1n) is 6.81.